The number of benzene rings is 1. The Kier molecular flexibility index (Phi) is 4.22. The lowest BCUT2D eigenvalue weighted by atomic mass is 10.00. The van der Waals surface area contributed by atoms with Gasteiger partial charge in [-0.05, 0) is 38.4 Å². The molecule has 0 spiro atoms. The zero-order chi connectivity index (χ0) is 13.8. The number of nitrogens with one attached hydrogen (secondary N) is 1. The molecule has 0 bridgehead atoms. The average molecular weight is 260 g/mol. The minimum absolute atomic E-state index is 0.202. The highest BCUT2D eigenvalue weighted by Gasteiger charge is 2.22. The molecule has 1 heterocycles. The van der Waals surface area contributed by atoms with Crippen LogP contribution in [-0.2, 0) is 16.0 Å². The molecule has 1 aromatic heterocycles. The predicted octanol–water partition coefficient (Wildman–Crippen LogP) is 2.34. The normalized spacial score (nSPS) is 12.6. The zero-order valence-corrected chi connectivity index (χ0v) is 11.4. The molecule has 2 aromatic rings. The van der Waals surface area contributed by atoms with E-state index in [0.29, 0.717) is 13.2 Å². The Balaban J connectivity index is 2.46. The van der Waals surface area contributed by atoms with Gasteiger partial charge in [0, 0.05) is 16.6 Å². The van der Waals surface area contributed by atoms with E-state index in [4.69, 9.17) is 10.5 Å². The molecule has 1 aromatic carbocycles. The minimum atomic E-state index is -0.297. The molecule has 0 aliphatic carbocycles. The smallest absolute Gasteiger partial charge is 0.314 e. The summed E-state index contributed by atoms with van der Waals surface area (Å²) in [6.45, 7) is 4.64. The van der Waals surface area contributed by atoms with E-state index in [0.717, 1.165) is 28.6 Å². The summed E-state index contributed by atoms with van der Waals surface area (Å²) >= 11 is 0. The topological polar surface area (TPSA) is 68.1 Å². The van der Waals surface area contributed by atoms with Crippen molar-refractivity contribution >= 4 is 16.9 Å². The number of para-hydroxylation sites is 1. The molecule has 2 rings (SSSR count). The number of ether oxygens (including phenoxy) is 1. The molecule has 0 aliphatic heterocycles. The number of nitrogens with two attached hydrogens (primary N) is 1. The van der Waals surface area contributed by atoms with Crippen LogP contribution in [-0.4, -0.2) is 24.1 Å². The van der Waals surface area contributed by atoms with E-state index in [2.05, 4.69) is 11.1 Å². The standard InChI is InChI=1S/C15H20N2O2/c1-3-19-15(18)10(2)14-12(8-9-16)11-6-4-5-7-13(11)17-14/h4-7,10,17H,3,8-9,16H2,1-2H3. The molecule has 0 fully saturated rings. The number of aromatic nitrogens is 1. The van der Waals surface area contributed by atoms with Gasteiger partial charge in [-0.25, -0.2) is 0 Å². The molecule has 0 amide bonds. The number of rotatable bonds is 5. The van der Waals surface area contributed by atoms with Gasteiger partial charge in [-0.15, -0.1) is 0 Å². The minimum Gasteiger partial charge on any atom is -0.465 e. The van der Waals surface area contributed by atoms with E-state index in [-0.39, 0.29) is 11.9 Å². The van der Waals surface area contributed by atoms with Crippen LogP contribution >= 0.6 is 0 Å². The van der Waals surface area contributed by atoms with Crippen LogP contribution in [0.1, 0.15) is 31.0 Å². The molecule has 0 aliphatic rings. The molecule has 0 radical (unpaired) electrons. The third kappa shape index (κ3) is 2.63. The van der Waals surface area contributed by atoms with Crippen molar-refractivity contribution in [3.05, 3.63) is 35.5 Å². The summed E-state index contributed by atoms with van der Waals surface area (Å²) in [5.41, 5.74) is 8.77. The van der Waals surface area contributed by atoms with E-state index in [9.17, 15) is 4.79 Å². The van der Waals surface area contributed by atoms with Gasteiger partial charge < -0.3 is 15.5 Å². The maximum atomic E-state index is 11.9. The Morgan fingerprint density at radius 3 is 2.84 bits per heavy atom. The lowest BCUT2D eigenvalue weighted by molar-refractivity contribution is -0.144. The van der Waals surface area contributed by atoms with E-state index in [1.165, 1.54) is 0 Å². The monoisotopic (exact) mass is 260 g/mol. The first-order chi connectivity index (χ1) is 9.19. The highest BCUT2D eigenvalue weighted by Crippen LogP contribution is 2.28. The SMILES string of the molecule is CCOC(=O)C(C)c1[nH]c2ccccc2c1CCN. The maximum Gasteiger partial charge on any atom is 0.314 e. The van der Waals surface area contributed by atoms with Gasteiger partial charge in [0.2, 0.25) is 0 Å². The van der Waals surface area contributed by atoms with Crippen molar-refractivity contribution in [2.24, 2.45) is 5.73 Å². The largest absolute Gasteiger partial charge is 0.465 e. The van der Waals surface area contributed by atoms with E-state index in [1.807, 2.05) is 32.0 Å². The van der Waals surface area contributed by atoms with Gasteiger partial charge in [0.05, 0.1) is 12.5 Å². The number of aromatic amines is 1. The summed E-state index contributed by atoms with van der Waals surface area (Å²) in [5, 5.41) is 1.14. The number of carbonyl (C=O) groups excluding carboxylic acids is 1. The second kappa shape index (κ2) is 5.89. The van der Waals surface area contributed by atoms with Crippen molar-refractivity contribution in [1.82, 2.24) is 4.98 Å². The van der Waals surface area contributed by atoms with Crippen LogP contribution in [0, 0.1) is 0 Å². The van der Waals surface area contributed by atoms with Gasteiger partial charge in [-0.2, -0.15) is 0 Å². The number of hydrogen-bond donors (Lipinski definition) is 2. The summed E-state index contributed by atoms with van der Waals surface area (Å²) in [4.78, 5) is 15.2. The first-order valence-corrected chi connectivity index (χ1v) is 6.65. The molecule has 19 heavy (non-hydrogen) atoms. The summed E-state index contributed by atoms with van der Waals surface area (Å²) in [5.74, 6) is -0.499. The van der Waals surface area contributed by atoms with Gasteiger partial charge in [0.1, 0.15) is 0 Å². The van der Waals surface area contributed by atoms with Gasteiger partial charge in [-0.3, -0.25) is 4.79 Å². The van der Waals surface area contributed by atoms with Crippen LogP contribution in [0.25, 0.3) is 10.9 Å². The molecule has 102 valence electrons. The third-order valence-electron chi connectivity index (χ3n) is 3.31. The van der Waals surface area contributed by atoms with Crippen molar-refractivity contribution < 1.29 is 9.53 Å². The first kappa shape index (κ1) is 13.6. The van der Waals surface area contributed by atoms with Crippen LogP contribution in [0.2, 0.25) is 0 Å². The van der Waals surface area contributed by atoms with Crippen LogP contribution in [0.4, 0.5) is 0 Å². The lowest BCUT2D eigenvalue weighted by Gasteiger charge is -2.11. The fourth-order valence-corrected chi connectivity index (χ4v) is 2.39. The van der Waals surface area contributed by atoms with Crippen molar-refractivity contribution in [2.75, 3.05) is 13.2 Å². The lowest BCUT2D eigenvalue weighted by Crippen LogP contribution is -2.15. The Bertz CT molecular complexity index is 575. The molecular formula is C15H20N2O2. The number of H-pyrrole nitrogens is 1. The quantitative estimate of drug-likeness (QED) is 0.811. The van der Waals surface area contributed by atoms with Gasteiger partial charge in [0.25, 0.3) is 0 Å². The highest BCUT2D eigenvalue weighted by molar-refractivity contribution is 5.88. The van der Waals surface area contributed by atoms with Crippen LogP contribution in [0.3, 0.4) is 0 Å². The summed E-state index contributed by atoms with van der Waals surface area (Å²) < 4.78 is 5.10. The number of hydrogen-bond acceptors (Lipinski definition) is 3. The predicted molar refractivity (Wildman–Crippen MR) is 76.1 cm³/mol. The number of esters is 1. The van der Waals surface area contributed by atoms with Crippen LogP contribution < -0.4 is 5.73 Å². The summed E-state index contributed by atoms with van der Waals surface area (Å²) in [7, 11) is 0. The molecule has 0 saturated heterocycles. The Morgan fingerprint density at radius 1 is 1.42 bits per heavy atom. The van der Waals surface area contributed by atoms with Crippen LogP contribution in [0.5, 0.6) is 0 Å². The van der Waals surface area contributed by atoms with Gasteiger partial charge >= 0.3 is 5.97 Å². The van der Waals surface area contributed by atoms with E-state index >= 15 is 0 Å². The highest BCUT2D eigenvalue weighted by atomic mass is 16.5. The Labute approximate surface area is 112 Å². The second-order valence-electron chi connectivity index (χ2n) is 4.58. The van der Waals surface area contributed by atoms with Gasteiger partial charge in [-0.1, -0.05) is 18.2 Å². The second-order valence-corrected chi connectivity index (χ2v) is 4.58. The maximum absolute atomic E-state index is 11.9. The van der Waals surface area contributed by atoms with Gasteiger partial charge in [0.15, 0.2) is 0 Å². The molecule has 1 unspecified atom stereocenters. The molecule has 0 saturated carbocycles. The summed E-state index contributed by atoms with van der Waals surface area (Å²) in [6, 6.07) is 8.04. The zero-order valence-electron chi connectivity index (χ0n) is 11.4. The molecule has 1 atom stereocenters. The molecule has 3 N–H and O–H groups in total. The van der Waals surface area contributed by atoms with Crippen molar-refractivity contribution in [3.63, 3.8) is 0 Å². The Morgan fingerprint density at radius 2 is 2.16 bits per heavy atom. The number of fused-ring (bicyclic) bond motifs is 1. The fourth-order valence-electron chi connectivity index (χ4n) is 2.39. The van der Waals surface area contributed by atoms with Crippen molar-refractivity contribution in [3.8, 4) is 0 Å². The van der Waals surface area contributed by atoms with Crippen molar-refractivity contribution in [2.45, 2.75) is 26.2 Å². The summed E-state index contributed by atoms with van der Waals surface area (Å²) in [6.07, 6.45) is 0.753. The van der Waals surface area contributed by atoms with E-state index in [1.54, 1.807) is 0 Å². The fraction of sp³-hybridized carbons (Fsp3) is 0.400. The third-order valence-corrected chi connectivity index (χ3v) is 3.31. The molecule has 4 nitrogen and oxygen atoms in total. The Hall–Kier alpha value is -1.81. The average Bonchev–Trinajstić information content (AvgIpc) is 2.78. The van der Waals surface area contributed by atoms with Crippen LogP contribution in [0.15, 0.2) is 24.3 Å². The van der Waals surface area contributed by atoms with Crippen molar-refractivity contribution in [1.29, 1.82) is 0 Å². The molecule has 4 heteroatoms. The van der Waals surface area contributed by atoms with E-state index < -0.39 is 0 Å². The number of carbonyl (C=O) groups is 1. The molecular weight excluding hydrogens is 240 g/mol. The first-order valence-electron chi connectivity index (χ1n) is 6.65.